The number of ether oxygens (including phenoxy) is 1. The van der Waals surface area contributed by atoms with Gasteiger partial charge in [-0.05, 0) is 43.0 Å². The van der Waals surface area contributed by atoms with E-state index in [4.69, 9.17) is 4.74 Å². The normalized spacial score (nSPS) is 11.0. The average Bonchev–Trinajstić information content (AvgIpc) is 3.13. The summed E-state index contributed by atoms with van der Waals surface area (Å²) in [5, 5.41) is 9.04. The number of hydrogen-bond donors (Lipinski definition) is 1. The van der Waals surface area contributed by atoms with Crippen LogP contribution in [0.4, 0.5) is 5.82 Å². The van der Waals surface area contributed by atoms with Crippen LogP contribution in [0.3, 0.4) is 0 Å². The molecular weight excluding hydrogens is 366 g/mol. The molecule has 1 amide bonds. The first-order chi connectivity index (χ1) is 14.0. The van der Waals surface area contributed by atoms with E-state index in [1.54, 1.807) is 29.2 Å². The van der Waals surface area contributed by atoms with Crippen molar-refractivity contribution in [3.8, 4) is 17.0 Å². The number of rotatable bonds is 5. The lowest BCUT2D eigenvalue weighted by Gasteiger charge is -2.10. The van der Waals surface area contributed by atoms with Crippen LogP contribution in [-0.4, -0.2) is 31.8 Å². The minimum Gasteiger partial charge on any atom is -0.475 e. The molecule has 0 saturated carbocycles. The van der Waals surface area contributed by atoms with E-state index in [2.05, 4.69) is 26.4 Å². The van der Waals surface area contributed by atoms with Gasteiger partial charge in [-0.1, -0.05) is 12.1 Å². The smallest absolute Gasteiger partial charge is 0.257 e. The van der Waals surface area contributed by atoms with Crippen molar-refractivity contribution in [3.05, 3.63) is 66.7 Å². The monoisotopic (exact) mass is 387 g/mol. The van der Waals surface area contributed by atoms with E-state index in [1.165, 1.54) is 0 Å². The van der Waals surface area contributed by atoms with Gasteiger partial charge in [0.2, 0.25) is 5.88 Å². The number of carbonyl (C=O) groups is 1. The molecule has 0 bridgehead atoms. The van der Waals surface area contributed by atoms with Gasteiger partial charge in [-0.3, -0.25) is 9.48 Å². The molecule has 0 atom stereocenters. The summed E-state index contributed by atoms with van der Waals surface area (Å²) >= 11 is 0. The van der Waals surface area contributed by atoms with Gasteiger partial charge in [0.15, 0.2) is 0 Å². The maximum atomic E-state index is 12.6. The Hall–Kier alpha value is -3.74. The highest BCUT2D eigenvalue weighted by molar-refractivity contribution is 6.04. The number of pyridine rings is 2. The topological polar surface area (TPSA) is 81.9 Å². The first-order valence-corrected chi connectivity index (χ1v) is 9.31. The van der Waals surface area contributed by atoms with Crippen LogP contribution < -0.4 is 10.1 Å². The molecule has 0 aliphatic carbocycles. The van der Waals surface area contributed by atoms with Gasteiger partial charge < -0.3 is 10.1 Å². The fraction of sp³-hybridized carbons (Fsp3) is 0.182. The first-order valence-electron chi connectivity index (χ1n) is 9.31. The molecular formula is C22H21N5O2. The fourth-order valence-electron chi connectivity index (χ4n) is 3.00. The van der Waals surface area contributed by atoms with Crippen LogP contribution in [0.5, 0.6) is 5.88 Å². The fourth-order valence-corrected chi connectivity index (χ4v) is 3.00. The molecule has 0 spiro atoms. The van der Waals surface area contributed by atoms with Crippen LogP contribution in [0.1, 0.15) is 24.2 Å². The number of hydrogen-bond acceptors (Lipinski definition) is 5. The predicted molar refractivity (Wildman–Crippen MR) is 112 cm³/mol. The molecule has 0 unspecified atom stereocenters. The van der Waals surface area contributed by atoms with Crippen molar-refractivity contribution in [1.82, 2.24) is 19.7 Å². The highest BCUT2D eigenvalue weighted by Crippen LogP contribution is 2.25. The molecule has 0 aliphatic heterocycles. The Labute approximate surface area is 168 Å². The van der Waals surface area contributed by atoms with Crippen molar-refractivity contribution in [1.29, 1.82) is 0 Å². The first kappa shape index (κ1) is 18.6. The maximum Gasteiger partial charge on any atom is 0.257 e. The molecule has 3 heterocycles. The third-order valence-corrected chi connectivity index (χ3v) is 4.36. The molecule has 0 radical (unpaired) electrons. The number of carbonyl (C=O) groups excluding carboxylic acids is 1. The van der Waals surface area contributed by atoms with Crippen molar-refractivity contribution < 1.29 is 9.53 Å². The highest BCUT2D eigenvalue weighted by Gasteiger charge is 2.10. The molecule has 1 aromatic carbocycles. The van der Waals surface area contributed by atoms with Crippen LogP contribution in [-0.2, 0) is 7.05 Å². The zero-order valence-corrected chi connectivity index (χ0v) is 16.5. The second-order valence-corrected chi connectivity index (χ2v) is 7.04. The second kappa shape index (κ2) is 7.71. The third kappa shape index (κ3) is 4.24. The summed E-state index contributed by atoms with van der Waals surface area (Å²) in [6.45, 7) is 3.82. The molecule has 1 N–H and O–H groups in total. The SMILES string of the molecule is CC(C)Oc1cc(C(=O)Nc2cc3cc(-c4cnn(C)c4)ccc3cn2)ccn1. The number of nitrogens with zero attached hydrogens (tertiary/aromatic N) is 4. The molecule has 146 valence electrons. The lowest BCUT2D eigenvalue weighted by atomic mass is 10.1. The van der Waals surface area contributed by atoms with Gasteiger partial charge in [-0.15, -0.1) is 0 Å². The zero-order chi connectivity index (χ0) is 20.4. The molecule has 3 aromatic heterocycles. The lowest BCUT2D eigenvalue weighted by molar-refractivity contribution is 0.102. The Morgan fingerprint density at radius 1 is 1.03 bits per heavy atom. The van der Waals surface area contributed by atoms with Crippen molar-refractivity contribution in [2.75, 3.05) is 5.32 Å². The summed E-state index contributed by atoms with van der Waals surface area (Å²) in [6, 6.07) is 11.2. The van der Waals surface area contributed by atoms with Gasteiger partial charge in [-0.2, -0.15) is 5.10 Å². The number of nitrogens with one attached hydrogen (secondary N) is 1. The minimum atomic E-state index is -0.267. The van der Waals surface area contributed by atoms with E-state index in [1.807, 2.05) is 51.5 Å². The summed E-state index contributed by atoms with van der Waals surface area (Å²) in [7, 11) is 1.89. The number of fused-ring (bicyclic) bond motifs is 1. The van der Waals surface area contributed by atoms with Crippen molar-refractivity contribution >= 4 is 22.5 Å². The largest absolute Gasteiger partial charge is 0.475 e. The van der Waals surface area contributed by atoms with E-state index >= 15 is 0 Å². The van der Waals surface area contributed by atoms with E-state index in [-0.39, 0.29) is 12.0 Å². The Morgan fingerprint density at radius 2 is 1.90 bits per heavy atom. The second-order valence-electron chi connectivity index (χ2n) is 7.04. The molecule has 0 saturated heterocycles. The number of benzene rings is 1. The minimum absolute atomic E-state index is 0.0167. The maximum absolute atomic E-state index is 12.6. The number of aromatic nitrogens is 4. The Bertz CT molecular complexity index is 1180. The quantitative estimate of drug-likeness (QED) is 0.558. The summed E-state index contributed by atoms with van der Waals surface area (Å²) in [5.41, 5.74) is 2.55. The zero-order valence-electron chi connectivity index (χ0n) is 16.5. The molecule has 4 aromatic rings. The summed E-state index contributed by atoms with van der Waals surface area (Å²) in [5.74, 6) is 0.630. The molecule has 7 heteroatoms. The summed E-state index contributed by atoms with van der Waals surface area (Å²) in [4.78, 5) is 21.1. The van der Waals surface area contributed by atoms with Gasteiger partial charge in [0.25, 0.3) is 5.91 Å². The van der Waals surface area contributed by atoms with E-state index < -0.39 is 0 Å². The standard InChI is InChI=1S/C22H21N5O2/c1-14(2)29-21-10-16(6-7-23-21)22(28)26-20-9-18-8-15(4-5-17(18)11-24-20)19-12-25-27(3)13-19/h4-14H,1-3H3,(H,24,26,28). The van der Waals surface area contributed by atoms with Crippen LogP contribution in [0, 0.1) is 0 Å². The highest BCUT2D eigenvalue weighted by atomic mass is 16.5. The Kier molecular flexibility index (Phi) is 4.95. The van der Waals surface area contributed by atoms with Gasteiger partial charge >= 0.3 is 0 Å². The van der Waals surface area contributed by atoms with Crippen molar-refractivity contribution in [2.45, 2.75) is 20.0 Å². The van der Waals surface area contributed by atoms with Gasteiger partial charge in [0, 0.05) is 48.2 Å². The van der Waals surface area contributed by atoms with Crippen molar-refractivity contribution in [3.63, 3.8) is 0 Å². The Morgan fingerprint density at radius 3 is 2.66 bits per heavy atom. The van der Waals surface area contributed by atoms with Gasteiger partial charge in [0.05, 0.1) is 12.3 Å². The van der Waals surface area contributed by atoms with Crippen molar-refractivity contribution in [2.24, 2.45) is 7.05 Å². The summed E-state index contributed by atoms with van der Waals surface area (Å²) < 4.78 is 7.32. The van der Waals surface area contributed by atoms with Crippen LogP contribution in [0.25, 0.3) is 21.9 Å². The van der Waals surface area contributed by atoms with Crippen LogP contribution >= 0.6 is 0 Å². The van der Waals surface area contributed by atoms with Crippen LogP contribution in [0.15, 0.2) is 61.2 Å². The number of anilines is 1. The number of aryl methyl sites for hydroxylation is 1. The molecule has 0 fully saturated rings. The molecule has 0 aliphatic rings. The lowest BCUT2D eigenvalue weighted by Crippen LogP contribution is -2.14. The van der Waals surface area contributed by atoms with E-state index in [9.17, 15) is 4.79 Å². The van der Waals surface area contributed by atoms with Crippen LogP contribution in [0.2, 0.25) is 0 Å². The Balaban J connectivity index is 1.58. The van der Waals surface area contributed by atoms with Gasteiger partial charge in [-0.25, -0.2) is 9.97 Å². The number of amides is 1. The third-order valence-electron chi connectivity index (χ3n) is 4.36. The average molecular weight is 387 g/mol. The molecule has 4 rings (SSSR count). The predicted octanol–water partition coefficient (Wildman–Crippen LogP) is 4.07. The van der Waals surface area contributed by atoms with E-state index in [0.717, 1.165) is 21.9 Å². The van der Waals surface area contributed by atoms with E-state index in [0.29, 0.717) is 17.3 Å². The van der Waals surface area contributed by atoms with Gasteiger partial charge in [0.1, 0.15) is 5.82 Å². The molecule has 7 nitrogen and oxygen atoms in total. The summed E-state index contributed by atoms with van der Waals surface area (Å²) in [6.07, 6.45) is 7.08. The molecule has 29 heavy (non-hydrogen) atoms.